The van der Waals surface area contributed by atoms with Crippen LogP contribution in [0.5, 0.6) is 0 Å². The van der Waals surface area contributed by atoms with Crippen molar-refractivity contribution in [2.45, 2.75) is 19.8 Å². The van der Waals surface area contributed by atoms with Crippen LogP contribution in [0.25, 0.3) is 0 Å². The van der Waals surface area contributed by atoms with Gasteiger partial charge in [-0.25, -0.2) is 0 Å². The first-order valence-electron chi connectivity index (χ1n) is 5.59. The molecule has 0 saturated carbocycles. The molecule has 0 heterocycles. The molecule has 1 rings (SSSR count). The Morgan fingerprint density at radius 1 is 1.47 bits per heavy atom. The second-order valence-corrected chi connectivity index (χ2v) is 4.67. The van der Waals surface area contributed by atoms with E-state index in [-0.39, 0.29) is 5.91 Å². The van der Waals surface area contributed by atoms with E-state index in [2.05, 4.69) is 21.2 Å². The molecule has 0 radical (unpaired) electrons. The number of hydrogen-bond donors (Lipinski definition) is 1. The van der Waals surface area contributed by atoms with Crippen molar-refractivity contribution in [3.05, 3.63) is 34.3 Å². The predicted molar refractivity (Wildman–Crippen MR) is 70.2 cm³/mol. The largest absolute Gasteiger partial charge is 0.355 e. The standard InChI is InChI=1S/C13H15BrN2O/c1-2-11(9-15)13(17)16-8-7-10-3-5-12(14)6-4-10/h3-6,11H,2,7-8H2,1H3,(H,16,17). The van der Waals surface area contributed by atoms with Crippen LogP contribution in [-0.4, -0.2) is 12.5 Å². The van der Waals surface area contributed by atoms with Crippen molar-refractivity contribution in [3.8, 4) is 6.07 Å². The predicted octanol–water partition coefficient (Wildman–Crippen LogP) is 2.66. The first-order valence-corrected chi connectivity index (χ1v) is 6.38. The maximum atomic E-state index is 11.5. The molecule has 1 unspecified atom stereocenters. The highest BCUT2D eigenvalue weighted by molar-refractivity contribution is 9.10. The fourth-order valence-electron chi connectivity index (χ4n) is 1.44. The van der Waals surface area contributed by atoms with E-state index in [1.165, 1.54) is 5.56 Å². The maximum Gasteiger partial charge on any atom is 0.237 e. The third-order valence-corrected chi connectivity index (χ3v) is 3.04. The minimum Gasteiger partial charge on any atom is -0.355 e. The van der Waals surface area contributed by atoms with Crippen LogP contribution in [-0.2, 0) is 11.2 Å². The number of rotatable bonds is 5. The van der Waals surface area contributed by atoms with Gasteiger partial charge in [0.15, 0.2) is 0 Å². The van der Waals surface area contributed by atoms with Gasteiger partial charge in [-0.2, -0.15) is 5.26 Å². The molecule has 1 amide bonds. The van der Waals surface area contributed by atoms with Gasteiger partial charge in [0.25, 0.3) is 0 Å². The Morgan fingerprint density at radius 3 is 2.65 bits per heavy atom. The molecule has 1 aromatic carbocycles. The van der Waals surface area contributed by atoms with Crippen molar-refractivity contribution in [1.29, 1.82) is 5.26 Å². The monoisotopic (exact) mass is 294 g/mol. The summed E-state index contributed by atoms with van der Waals surface area (Å²) in [6, 6.07) is 9.96. The van der Waals surface area contributed by atoms with Crippen molar-refractivity contribution in [2.75, 3.05) is 6.54 Å². The number of hydrogen-bond acceptors (Lipinski definition) is 2. The molecule has 0 saturated heterocycles. The number of nitrogens with zero attached hydrogens (tertiary/aromatic N) is 1. The Hall–Kier alpha value is -1.34. The number of halogens is 1. The topological polar surface area (TPSA) is 52.9 Å². The molecule has 0 aliphatic rings. The first-order chi connectivity index (χ1) is 8.17. The van der Waals surface area contributed by atoms with E-state index in [9.17, 15) is 4.79 Å². The Labute approximate surface area is 110 Å². The number of benzene rings is 1. The zero-order valence-electron chi connectivity index (χ0n) is 9.74. The van der Waals surface area contributed by atoms with Gasteiger partial charge in [0, 0.05) is 11.0 Å². The van der Waals surface area contributed by atoms with Crippen LogP contribution in [0.4, 0.5) is 0 Å². The molecule has 1 N–H and O–H groups in total. The minimum absolute atomic E-state index is 0.174. The number of carbonyl (C=O) groups is 1. The highest BCUT2D eigenvalue weighted by atomic mass is 79.9. The number of carbonyl (C=O) groups excluding carboxylic acids is 1. The van der Waals surface area contributed by atoms with Crippen LogP contribution in [0.3, 0.4) is 0 Å². The van der Waals surface area contributed by atoms with E-state index in [4.69, 9.17) is 5.26 Å². The summed E-state index contributed by atoms with van der Waals surface area (Å²) in [6.07, 6.45) is 1.33. The lowest BCUT2D eigenvalue weighted by molar-refractivity contribution is -0.123. The molecule has 3 nitrogen and oxygen atoms in total. The number of amides is 1. The molecule has 90 valence electrons. The summed E-state index contributed by atoms with van der Waals surface area (Å²) in [4.78, 5) is 11.5. The first kappa shape index (κ1) is 13.7. The fourth-order valence-corrected chi connectivity index (χ4v) is 1.70. The fraction of sp³-hybridized carbons (Fsp3) is 0.385. The van der Waals surface area contributed by atoms with Gasteiger partial charge in [-0.15, -0.1) is 0 Å². The molecule has 1 aromatic rings. The van der Waals surface area contributed by atoms with Crippen LogP contribution < -0.4 is 5.32 Å². The SMILES string of the molecule is CCC(C#N)C(=O)NCCc1ccc(Br)cc1. The van der Waals surface area contributed by atoms with E-state index < -0.39 is 5.92 Å². The van der Waals surface area contributed by atoms with Crippen LogP contribution in [0, 0.1) is 17.2 Å². The summed E-state index contributed by atoms with van der Waals surface area (Å²) in [7, 11) is 0. The molecule has 4 heteroatoms. The number of nitrogens with one attached hydrogen (secondary N) is 1. The summed E-state index contributed by atoms with van der Waals surface area (Å²) in [5.41, 5.74) is 1.17. The maximum absolute atomic E-state index is 11.5. The average molecular weight is 295 g/mol. The van der Waals surface area contributed by atoms with Gasteiger partial charge in [0.1, 0.15) is 5.92 Å². The van der Waals surface area contributed by atoms with Gasteiger partial charge in [-0.05, 0) is 30.5 Å². The molecular weight excluding hydrogens is 280 g/mol. The third-order valence-electron chi connectivity index (χ3n) is 2.51. The molecule has 0 aromatic heterocycles. The number of nitriles is 1. The molecule has 0 bridgehead atoms. The van der Waals surface area contributed by atoms with Gasteiger partial charge < -0.3 is 5.32 Å². The second kappa shape index (κ2) is 7.08. The van der Waals surface area contributed by atoms with Crippen molar-refractivity contribution in [2.24, 2.45) is 5.92 Å². The van der Waals surface area contributed by atoms with E-state index in [0.717, 1.165) is 10.9 Å². The highest BCUT2D eigenvalue weighted by Gasteiger charge is 2.13. The van der Waals surface area contributed by atoms with Crippen LogP contribution in [0.2, 0.25) is 0 Å². The van der Waals surface area contributed by atoms with Gasteiger partial charge >= 0.3 is 0 Å². The highest BCUT2D eigenvalue weighted by Crippen LogP contribution is 2.10. The molecule has 0 aliphatic carbocycles. The Bertz CT molecular complexity index is 408. The van der Waals surface area contributed by atoms with Crippen LogP contribution in [0.1, 0.15) is 18.9 Å². The van der Waals surface area contributed by atoms with E-state index in [0.29, 0.717) is 13.0 Å². The second-order valence-electron chi connectivity index (χ2n) is 3.76. The summed E-state index contributed by atoms with van der Waals surface area (Å²) in [5.74, 6) is -0.702. The summed E-state index contributed by atoms with van der Waals surface area (Å²) in [5, 5.41) is 11.5. The van der Waals surface area contributed by atoms with Gasteiger partial charge in [-0.1, -0.05) is 35.0 Å². The lowest BCUT2D eigenvalue weighted by Gasteiger charge is -2.08. The summed E-state index contributed by atoms with van der Waals surface area (Å²) in [6.45, 7) is 2.40. The average Bonchev–Trinajstić information content (AvgIpc) is 2.33. The molecule has 0 aliphatic heterocycles. The Balaban J connectivity index is 2.35. The molecule has 0 spiro atoms. The Kier molecular flexibility index (Phi) is 5.71. The smallest absolute Gasteiger partial charge is 0.237 e. The molecule has 1 atom stereocenters. The minimum atomic E-state index is -0.528. The van der Waals surface area contributed by atoms with Crippen molar-refractivity contribution in [3.63, 3.8) is 0 Å². The summed E-state index contributed by atoms with van der Waals surface area (Å²) < 4.78 is 1.04. The van der Waals surface area contributed by atoms with E-state index >= 15 is 0 Å². The van der Waals surface area contributed by atoms with Crippen molar-refractivity contribution >= 4 is 21.8 Å². The normalized spacial score (nSPS) is 11.6. The summed E-state index contributed by atoms with van der Waals surface area (Å²) >= 11 is 3.37. The Morgan fingerprint density at radius 2 is 2.12 bits per heavy atom. The van der Waals surface area contributed by atoms with E-state index in [1.54, 1.807) is 0 Å². The van der Waals surface area contributed by atoms with Crippen molar-refractivity contribution in [1.82, 2.24) is 5.32 Å². The van der Waals surface area contributed by atoms with Crippen molar-refractivity contribution < 1.29 is 4.79 Å². The van der Waals surface area contributed by atoms with Gasteiger partial charge in [-0.3, -0.25) is 4.79 Å². The van der Waals surface area contributed by atoms with Gasteiger partial charge in [0.2, 0.25) is 5.91 Å². The lowest BCUT2D eigenvalue weighted by Crippen LogP contribution is -2.31. The molecule has 0 fully saturated rings. The zero-order valence-corrected chi connectivity index (χ0v) is 11.3. The quantitative estimate of drug-likeness (QED) is 0.908. The zero-order chi connectivity index (χ0) is 12.7. The molecular formula is C13H15BrN2O. The van der Waals surface area contributed by atoms with Crippen LogP contribution >= 0.6 is 15.9 Å². The third kappa shape index (κ3) is 4.58. The molecule has 17 heavy (non-hydrogen) atoms. The van der Waals surface area contributed by atoms with Crippen LogP contribution in [0.15, 0.2) is 28.7 Å². The van der Waals surface area contributed by atoms with Gasteiger partial charge in [0.05, 0.1) is 6.07 Å². The van der Waals surface area contributed by atoms with E-state index in [1.807, 2.05) is 37.3 Å². The lowest BCUT2D eigenvalue weighted by atomic mass is 10.1.